The van der Waals surface area contributed by atoms with Crippen molar-refractivity contribution >= 4 is 17.5 Å². The van der Waals surface area contributed by atoms with Gasteiger partial charge in [0.1, 0.15) is 5.82 Å². The molecule has 18 heavy (non-hydrogen) atoms. The summed E-state index contributed by atoms with van der Waals surface area (Å²) < 4.78 is 13.6. The van der Waals surface area contributed by atoms with Gasteiger partial charge in [-0.2, -0.15) is 0 Å². The molecule has 0 heterocycles. The van der Waals surface area contributed by atoms with Crippen LogP contribution in [0.5, 0.6) is 0 Å². The van der Waals surface area contributed by atoms with Crippen molar-refractivity contribution in [2.75, 3.05) is 6.54 Å². The molecule has 0 aromatic heterocycles. The lowest BCUT2D eigenvalue weighted by molar-refractivity contribution is 0.0943. The second kappa shape index (κ2) is 5.70. The van der Waals surface area contributed by atoms with Crippen LogP contribution in [0, 0.1) is 18.7 Å². The Balaban J connectivity index is 1.91. The monoisotopic (exact) mass is 269 g/mol. The third-order valence-corrected chi connectivity index (χ3v) is 3.79. The van der Waals surface area contributed by atoms with Crippen molar-refractivity contribution in [1.82, 2.24) is 5.32 Å². The van der Waals surface area contributed by atoms with Crippen LogP contribution in [0.25, 0.3) is 0 Å². The Morgan fingerprint density at radius 2 is 2.28 bits per heavy atom. The minimum Gasteiger partial charge on any atom is -0.352 e. The Labute approximate surface area is 112 Å². The van der Waals surface area contributed by atoms with Crippen LogP contribution >= 0.6 is 11.6 Å². The number of amides is 1. The highest BCUT2D eigenvalue weighted by Crippen LogP contribution is 2.28. The molecule has 1 N–H and O–H groups in total. The summed E-state index contributed by atoms with van der Waals surface area (Å²) in [5, 5.41) is 3.01. The molecular formula is C14H17ClFNO. The maximum Gasteiger partial charge on any atom is 0.254 e. The molecule has 0 aliphatic heterocycles. The van der Waals surface area contributed by atoms with Gasteiger partial charge in [-0.05, 0) is 49.8 Å². The number of hydrogen-bond donors (Lipinski definition) is 1. The number of nitrogens with one attached hydrogen (secondary N) is 1. The second-order valence-electron chi connectivity index (χ2n) is 4.97. The number of aryl methyl sites for hydroxylation is 1. The number of carbonyl (C=O) groups excluding carboxylic acids is 1. The van der Waals surface area contributed by atoms with E-state index in [4.69, 9.17) is 11.6 Å². The summed E-state index contributed by atoms with van der Waals surface area (Å²) in [4.78, 5) is 11.8. The Morgan fingerprint density at radius 1 is 1.50 bits per heavy atom. The van der Waals surface area contributed by atoms with Gasteiger partial charge >= 0.3 is 0 Å². The van der Waals surface area contributed by atoms with Crippen molar-refractivity contribution in [3.63, 3.8) is 0 Å². The summed E-state index contributed by atoms with van der Waals surface area (Å²) in [7, 11) is 0. The van der Waals surface area contributed by atoms with Crippen molar-refractivity contribution < 1.29 is 9.18 Å². The fourth-order valence-electron chi connectivity index (χ4n) is 2.34. The number of alkyl halides is 1. The highest BCUT2D eigenvalue weighted by molar-refractivity contribution is 6.20. The first-order chi connectivity index (χ1) is 8.56. The molecule has 1 aliphatic rings. The molecule has 2 unspecified atom stereocenters. The summed E-state index contributed by atoms with van der Waals surface area (Å²) in [6.07, 6.45) is 2.96. The molecule has 0 radical (unpaired) electrons. The molecule has 1 saturated carbocycles. The molecule has 4 heteroatoms. The maximum atomic E-state index is 13.6. The minimum atomic E-state index is -0.464. The molecule has 98 valence electrons. The molecular weight excluding hydrogens is 253 g/mol. The van der Waals surface area contributed by atoms with Gasteiger partial charge in [0.15, 0.2) is 0 Å². The standard InChI is InChI=1S/C14H17ClFNO/c1-9-2-5-12(13(16)6-9)14(18)17-8-10-3-4-11(15)7-10/h2,5-6,10-11H,3-4,7-8H2,1H3,(H,17,18). The molecule has 1 amide bonds. The second-order valence-corrected chi connectivity index (χ2v) is 5.59. The van der Waals surface area contributed by atoms with Gasteiger partial charge in [-0.25, -0.2) is 4.39 Å². The topological polar surface area (TPSA) is 29.1 Å². The summed E-state index contributed by atoms with van der Waals surface area (Å²) in [6, 6.07) is 4.64. The van der Waals surface area contributed by atoms with Crippen LogP contribution in [-0.4, -0.2) is 17.8 Å². The number of rotatable bonds is 3. The first-order valence-electron chi connectivity index (χ1n) is 6.24. The minimum absolute atomic E-state index is 0.112. The van der Waals surface area contributed by atoms with Gasteiger partial charge in [0.2, 0.25) is 0 Å². The third kappa shape index (κ3) is 3.22. The molecule has 1 aromatic rings. The summed E-state index contributed by atoms with van der Waals surface area (Å²) in [5.74, 6) is -0.385. The molecule has 2 atom stereocenters. The highest BCUT2D eigenvalue weighted by Gasteiger charge is 2.23. The van der Waals surface area contributed by atoms with Crippen LogP contribution in [0.15, 0.2) is 18.2 Å². The van der Waals surface area contributed by atoms with E-state index in [1.165, 1.54) is 12.1 Å². The molecule has 2 rings (SSSR count). The Bertz CT molecular complexity index is 449. The van der Waals surface area contributed by atoms with Crippen LogP contribution in [0.4, 0.5) is 4.39 Å². The van der Waals surface area contributed by atoms with E-state index in [1.807, 2.05) is 0 Å². The van der Waals surface area contributed by atoms with E-state index in [0.717, 1.165) is 24.8 Å². The van der Waals surface area contributed by atoms with Crippen molar-refractivity contribution in [3.8, 4) is 0 Å². The fourth-order valence-corrected chi connectivity index (χ4v) is 2.71. The summed E-state index contributed by atoms with van der Waals surface area (Å²) >= 11 is 6.01. The van der Waals surface area contributed by atoms with Gasteiger partial charge in [0.25, 0.3) is 5.91 Å². The van der Waals surface area contributed by atoms with Crippen molar-refractivity contribution in [2.45, 2.75) is 31.6 Å². The zero-order valence-corrected chi connectivity index (χ0v) is 11.1. The lowest BCUT2D eigenvalue weighted by atomic mass is 10.1. The lowest BCUT2D eigenvalue weighted by Crippen LogP contribution is -2.29. The van der Waals surface area contributed by atoms with E-state index in [0.29, 0.717) is 12.5 Å². The van der Waals surface area contributed by atoms with E-state index in [2.05, 4.69) is 5.32 Å². The average molecular weight is 270 g/mol. The van der Waals surface area contributed by atoms with Gasteiger partial charge in [0, 0.05) is 11.9 Å². The molecule has 0 bridgehead atoms. The van der Waals surface area contributed by atoms with Gasteiger partial charge in [-0.3, -0.25) is 4.79 Å². The van der Waals surface area contributed by atoms with Gasteiger partial charge in [0.05, 0.1) is 5.56 Å². The number of hydrogen-bond acceptors (Lipinski definition) is 1. The highest BCUT2D eigenvalue weighted by atomic mass is 35.5. The Hall–Kier alpha value is -1.09. The quantitative estimate of drug-likeness (QED) is 0.839. The molecule has 2 nitrogen and oxygen atoms in total. The predicted molar refractivity (Wildman–Crippen MR) is 70.5 cm³/mol. The first-order valence-corrected chi connectivity index (χ1v) is 6.68. The van der Waals surface area contributed by atoms with Crippen LogP contribution in [0.3, 0.4) is 0 Å². The van der Waals surface area contributed by atoms with Gasteiger partial charge in [-0.1, -0.05) is 6.07 Å². The largest absolute Gasteiger partial charge is 0.352 e. The van der Waals surface area contributed by atoms with Crippen LogP contribution < -0.4 is 5.32 Å². The number of carbonyl (C=O) groups is 1. The number of halogens is 2. The average Bonchev–Trinajstić information content (AvgIpc) is 2.72. The fraction of sp³-hybridized carbons (Fsp3) is 0.500. The van der Waals surface area contributed by atoms with E-state index >= 15 is 0 Å². The lowest BCUT2D eigenvalue weighted by Gasteiger charge is -2.11. The number of benzene rings is 1. The maximum absolute atomic E-state index is 13.6. The van der Waals surface area contributed by atoms with Crippen molar-refractivity contribution in [3.05, 3.63) is 35.1 Å². The molecule has 1 fully saturated rings. The molecule has 1 aromatic carbocycles. The normalized spacial score (nSPS) is 23.1. The predicted octanol–water partition coefficient (Wildman–Crippen LogP) is 3.27. The first kappa shape index (κ1) is 13.3. The van der Waals surface area contributed by atoms with Crippen LogP contribution in [-0.2, 0) is 0 Å². The third-order valence-electron chi connectivity index (χ3n) is 3.40. The van der Waals surface area contributed by atoms with E-state index in [9.17, 15) is 9.18 Å². The van der Waals surface area contributed by atoms with Crippen molar-refractivity contribution in [2.24, 2.45) is 5.92 Å². The molecule has 0 saturated heterocycles. The SMILES string of the molecule is Cc1ccc(C(=O)NCC2CCC(Cl)C2)c(F)c1. The summed E-state index contributed by atoms with van der Waals surface area (Å²) in [6.45, 7) is 2.37. The smallest absolute Gasteiger partial charge is 0.254 e. The molecule has 0 spiro atoms. The van der Waals surface area contributed by atoms with Crippen LogP contribution in [0.2, 0.25) is 0 Å². The van der Waals surface area contributed by atoms with Gasteiger partial charge in [-0.15, -0.1) is 11.6 Å². The molecule has 1 aliphatic carbocycles. The van der Waals surface area contributed by atoms with Crippen molar-refractivity contribution in [1.29, 1.82) is 0 Å². The zero-order valence-electron chi connectivity index (χ0n) is 10.4. The zero-order chi connectivity index (χ0) is 13.1. The van der Waals surface area contributed by atoms with Crippen LogP contribution in [0.1, 0.15) is 35.2 Å². The van der Waals surface area contributed by atoms with E-state index in [-0.39, 0.29) is 16.8 Å². The van der Waals surface area contributed by atoms with E-state index < -0.39 is 5.82 Å². The van der Waals surface area contributed by atoms with Gasteiger partial charge < -0.3 is 5.32 Å². The Morgan fingerprint density at radius 3 is 2.89 bits per heavy atom. The Kier molecular flexibility index (Phi) is 4.23. The summed E-state index contributed by atoms with van der Waals surface area (Å²) in [5.41, 5.74) is 0.922. The van der Waals surface area contributed by atoms with E-state index in [1.54, 1.807) is 13.0 Å².